The third-order valence-corrected chi connectivity index (χ3v) is 2.51. The van der Waals surface area contributed by atoms with Crippen LogP contribution in [0.3, 0.4) is 0 Å². The summed E-state index contributed by atoms with van der Waals surface area (Å²) in [6.07, 6.45) is 0. The van der Waals surface area contributed by atoms with Gasteiger partial charge in [-0.05, 0) is 23.6 Å². The number of rotatable bonds is 3. The van der Waals surface area contributed by atoms with Crippen LogP contribution in [-0.4, -0.2) is 11.7 Å². The monoisotopic (exact) mass is 207 g/mol. The van der Waals surface area contributed by atoms with Crippen molar-refractivity contribution in [2.75, 3.05) is 6.54 Å². The Labute approximate surface area is 92.3 Å². The van der Waals surface area contributed by atoms with Crippen LogP contribution in [0.15, 0.2) is 18.2 Å². The zero-order valence-corrected chi connectivity index (χ0v) is 10.1. The van der Waals surface area contributed by atoms with E-state index < -0.39 is 0 Å². The van der Waals surface area contributed by atoms with Gasteiger partial charge in [-0.15, -0.1) is 0 Å². The van der Waals surface area contributed by atoms with Crippen LogP contribution in [0.4, 0.5) is 0 Å². The van der Waals surface area contributed by atoms with E-state index >= 15 is 0 Å². The minimum absolute atomic E-state index is 0.134. The molecular formula is C13H21NO. The van der Waals surface area contributed by atoms with Gasteiger partial charge in [0.2, 0.25) is 0 Å². The minimum atomic E-state index is 0.134. The highest BCUT2D eigenvalue weighted by Gasteiger charge is 2.14. The second-order valence-corrected chi connectivity index (χ2v) is 4.87. The predicted octanol–water partition coefficient (Wildman–Crippen LogP) is 2.80. The molecule has 0 fully saturated rings. The first-order chi connectivity index (χ1) is 6.95. The Morgan fingerprint density at radius 1 is 1.27 bits per heavy atom. The lowest BCUT2D eigenvalue weighted by atomic mass is 9.86. The molecule has 0 aliphatic rings. The Bertz CT molecular complexity index is 326. The lowest BCUT2D eigenvalue weighted by Crippen LogP contribution is -2.15. The lowest BCUT2D eigenvalue weighted by molar-refractivity contribution is 0.463. The Morgan fingerprint density at radius 2 is 1.93 bits per heavy atom. The van der Waals surface area contributed by atoms with Crippen molar-refractivity contribution < 1.29 is 5.11 Å². The van der Waals surface area contributed by atoms with Gasteiger partial charge >= 0.3 is 0 Å². The normalized spacial score (nSPS) is 11.7. The molecule has 0 amide bonds. The summed E-state index contributed by atoms with van der Waals surface area (Å²) in [5.41, 5.74) is 2.37. The van der Waals surface area contributed by atoms with Crippen molar-refractivity contribution >= 4 is 0 Å². The van der Waals surface area contributed by atoms with Crippen LogP contribution < -0.4 is 5.32 Å². The van der Waals surface area contributed by atoms with Gasteiger partial charge in [-0.2, -0.15) is 0 Å². The highest BCUT2D eigenvalue weighted by Crippen LogP contribution is 2.27. The second-order valence-electron chi connectivity index (χ2n) is 4.87. The third-order valence-electron chi connectivity index (χ3n) is 2.51. The fourth-order valence-electron chi connectivity index (χ4n) is 1.45. The number of benzene rings is 1. The molecule has 0 saturated heterocycles. The predicted molar refractivity (Wildman–Crippen MR) is 64.2 cm³/mol. The van der Waals surface area contributed by atoms with Crippen molar-refractivity contribution in [1.29, 1.82) is 0 Å². The van der Waals surface area contributed by atoms with Crippen LogP contribution in [-0.2, 0) is 12.0 Å². The molecular weight excluding hydrogens is 186 g/mol. The highest BCUT2D eigenvalue weighted by molar-refractivity contribution is 5.38. The Kier molecular flexibility index (Phi) is 3.75. The molecule has 0 radical (unpaired) electrons. The summed E-state index contributed by atoms with van der Waals surface area (Å²) >= 11 is 0. The van der Waals surface area contributed by atoms with Crippen LogP contribution in [0.1, 0.15) is 38.8 Å². The first-order valence-electron chi connectivity index (χ1n) is 5.48. The molecule has 0 aliphatic heterocycles. The number of phenolic OH excluding ortho intramolecular Hbond substituents is 1. The Morgan fingerprint density at radius 3 is 2.47 bits per heavy atom. The zero-order valence-electron chi connectivity index (χ0n) is 10.1. The van der Waals surface area contributed by atoms with Gasteiger partial charge in [0.05, 0.1) is 0 Å². The van der Waals surface area contributed by atoms with Gasteiger partial charge in [0, 0.05) is 12.1 Å². The first-order valence-corrected chi connectivity index (χ1v) is 5.48. The molecule has 1 rings (SSSR count). The number of hydrogen-bond donors (Lipinski definition) is 2. The Balaban J connectivity index is 2.95. The maximum atomic E-state index is 9.69. The van der Waals surface area contributed by atoms with Crippen LogP contribution in [0.5, 0.6) is 5.75 Å². The highest BCUT2D eigenvalue weighted by atomic mass is 16.3. The molecule has 2 heteroatoms. The van der Waals surface area contributed by atoms with E-state index in [0.29, 0.717) is 5.75 Å². The molecule has 0 bridgehead atoms. The van der Waals surface area contributed by atoms with E-state index in [0.717, 1.165) is 18.7 Å². The van der Waals surface area contributed by atoms with Gasteiger partial charge in [0.15, 0.2) is 0 Å². The third kappa shape index (κ3) is 3.24. The molecule has 0 atom stereocenters. The van der Waals surface area contributed by atoms with Crippen LogP contribution in [0.2, 0.25) is 0 Å². The van der Waals surface area contributed by atoms with Gasteiger partial charge in [0.1, 0.15) is 5.75 Å². The van der Waals surface area contributed by atoms with Gasteiger partial charge in [0.25, 0.3) is 0 Å². The summed E-state index contributed by atoms with van der Waals surface area (Å²) in [7, 11) is 0. The molecule has 0 heterocycles. The quantitative estimate of drug-likeness (QED) is 0.798. The van der Waals surface area contributed by atoms with E-state index in [1.807, 2.05) is 6.07 Å². The molecule has 0 unspecified atom stereocenters. The number of aromatic hydroxyl groups is 1. The first kappa shape index (κ1) is 12.1. The summed E-state index contributed by atoms with van der Waals surface area (Å²) in [6.45, 7) is 10.2. The van der Waals surface area contributed by atoms with Crippen LogP contribution in [0.25, 0.3) is 0 Å². The van der Waals surface area contributed by atoms with E-state index in [4.69, 9.17) is 0 Å². The number of phenols is 1. The van der Waals surface area contributed by atoms with E-state index in [2.05, 4.69) is 39.1 Å². The number of nitrogens with one attached hydrogen (secondary N) is 1. The smallest absolute Gasteiger partial charge is 0.120 e. The van der Waals surface area contributed by atoms with Crippen molar-refractivity contribution in [3.63, 3.8) is 0 Å². The molecule has 0 saturated carbocycles. The standard InChI is InChI=1S/C13H21NO/c1-5-14-9-10-8-11(13(2,3)4)6-7-12(10)15/h6-8,14-15H,5,9H2,1-4H3. The van der Waals surface area contributed by atoms with E-state index in [-0.39, 0.29) is 5.41 Å². The molecule has 84 valence electrons. The average Bonchev–Trinajstić information content (AvgIpc) is 2.15. The van der Waals surface area contributed by atoms with Crippen molar-refractivity contribution in [1.82, 2.24) is 5.32 Å². The van der Waals surface area contributed by atoms with E-state index in [1.54, 1.807) is 6.07 Å². The molecule has 2 nitrogen and oxygen atoms in total. The summed E-state index contributed by atoms with van der Waals surface area (Å²) in [4.78, 5) is 0. The second kappa shape index (κ2) is 4.67. The molecule has 0 aromatic heterocycles. The summed E-state index contributed by atoms with van der Waals surface area (Å²) in [6, 6.07) is 5.86. The maximum absolute atomic E-state index is 9.69. The lowest BCUT2D eigenvalue weighted by Gasteiger charge is -2.20. The SMILES string of the molecule is CCNCc1cc(C(C)(C)C)ccc1O. The van der Waals surface area contributed by atoms with Crippen LogP contribution >= 0.6 is 0 Å². The fraction of sp³-hybridized carbons (Fsp3) is 0.538. The van der Waals surface area contributed by atoms with Gasteiger partial charge in [-0.25, -0.2) is 0 Å². The van der Waals surface area contributed by atoms with E-state index in [1.165, 1.54) is 5.56 Å². The van der Waals surface area contributed by atoms with Gasteiger partial charge in [-0.1, -0.05) is 39.8 Å². The Hall–Kier alpha value is -1.02. The molecule has 0 aliphatic carbocycles. The molecule has 15 heavy (non-hydrogen) atoms. The van der Waals surface area contributed by atoms with Crippen molar-refractivity contribution in [3.05, 3.63) is 29.3 Å². The topological polar surface area (TPSA) is 32.3 Å². The zero-order chi connectivity index (χ0) is 11.5. The largest absolute Gasteiger partial charge is 0.508 e. The summed E-state index contributed by atoms with van der Waals surface area (Å²) in [5.74, 6) is 0.379. The molecule has 1 aromatic rings. The molecule has 0 spiro atoms. The molecule has 2 N–H and O–H groups in total. The van der Waals surface area contributed by atoms with Crippen molar-refractivity contribution in [3.8, 4) is 5.75 Å². The fourth-order valence-corrected chi connectivity index (χ4v) is 1.45. The van der Waals surface area contributed by atoms with Gasteiger partial charge in [-0.3, -0.25) is 0 Å². The average molecular weight is 207 g/mol. The number of hydrogen-bond acceptors (Lipinski definition) is 2. The summed E-state index contributed by atoms with van der Waals surface area (Å²) < 4.78 is 0. The van der Waals surface area contributed by atoms with Crippen molar-refractivity contribution in [2.45, 2.75) is 39.7 Å². The molecule has 1 aromatic carbocycles. The minimum Gasteiger partial charge on any atom is -0.508 e. The summed E-state index contributed by atoms with van der Waals surface area (Å²) in [5, 5.41) is 12.9. The van der Waals surface area contributed by atoms with Crippen LogP contribution in [0, 0.1) is 0 Å². The van der Waals surface area contributed by atoms with Gasteiger partial charge < -0.3 is 10.4 Å². The maximum Gasteiger partial charge on any atom is 0.120 e. The van der Waals surface area contributed by atoms with E-state index in [9.17, 15) is 5.11 Å². The van der Waals surface area contributed by atoms with Crippen molar-refractivity contribution in [2.24, 2.45) is 0 Å².